The van der Waals surface area contributed by atoms with Gasteiger partial charge in [0.1, 0.15) is 0 Å². The Morgan fingerprint density at radius 1 is 1.20 bits per heavy atom. The van der Waals surface area contributed by atoms with E-state index in [9.17, 15) is 14.4 Å². The Kier molecular flexibility index (Phi) is 7.43. The van der Waals surface area contributed by atoms with Gasteiger partial charge in [0.25, 0.3) is 11.8 Å². The summed E-state index contributed by atoms with van der Waals surface area (Å²) >= 11 is 0. The highest BCUT2D eigenvalue weighted by atomic mass is 16.5. The normalized spacial score (nSPS) is 19.1. The lowest BCUT2D eigenvalue weighted by Crippen LogP contribution is -2.48. The Morgan fingerprint density at radius 3 is 2.53 bits per heavy atom. The van der Waals surface area contributed by atoms with E-state index in [0.29, 0.717) is 43.8 Å². The van der Waals surface area contributed by atoms with E-state index in [4.69, 9.17) is 4.74 Å². The van der Waals surface area contributed by atoms with Crippen molar-refractivity contribution in [3.05, 3.63) is 35.4 Å². The van der Waals surface area contributed by atoms with Crippen molar-refractivity contribution in [3.8, 4) is 0 Å². The summed E-state index contributed by atoms with van der Waals surface area (Å²) in [5.74, 6) is 0.0878. The average molecular weight is 415 g/mol. The number of ether oxygens (including phenoxy) is 1. The summed E-state index contributed by atoms with van der Waals surface area (Å²) in [6.07, 6.45) is 3.26. The number of likely N-dealkylation sites (tertiary alicyclic amines) is 1. The summed E-state index contributed by atoms with van der Waals surface area (Å²) in [5, 5.41) is 3.33. The van der Waals surface area contributed by atoms with Crippen LogP contribution in [0.2, 0.25) is 0 Å². The Morgan fingerprint density at radius 2 is 1.90 bits per heavy atom. The molecule has 0 spiro atoms. The Bertz CT molecular complexity index is 788. The molecule has 2 amide bonds. The second-order valence-electron chi connectivity index (χ2n) is 7.53. The molecule has 1 aromatic carbocycles. The van der Waals surface area contributed by atoms with Crippen molar-refractivity contribution in [2.45, 2.75) is 32.6 Å². The van der Waals surface area contributed by atoms with Crippen molar-refractivity contribution in [1.82, 2.24) is 15.1 Å². The quantitative estimate of drug-likeness (QED) is 0.241. The van der Waals surface area contributed by atoms with Crippen LogP contribution in [-0.2, 0) is 9.53 Å². The minimum absolute atomic E-state index is 0.119. The number of carbonyl (C=O) groups is 3. The van der Waals surface area contributed by atoms with E-state index in [2.05, 4.69) is 15.2 Å². The van der Waals surface area contributed by atoms with Gasteiger partial charge in [-0.15, -0.1) is 0 Å². The molecule has 30 heavy (non-hydrogen) atoms. The fourth-order valence-electron chi connectivity index (χ4n) is 3.99. The van der Waals surface area contributed by atoms with Crippen molar-refractivity contribution >= 4 is 23.7 Å². The van der Waals surface area contributed by atoms with Gasteiger partial charge in [-0.25, -0.2) is 0 Å². The number of carbonyl (C=O) groups excluding carboxylic acids is 3. The van der Waals surface area contributed by atoms with Crippen LogP contribution in [0.3, 0.4) is 0 Å². The summed E-state index contributed by atoms with van der Waals surface area (Å²) in [6, 6.07) is 6.94. The number of aliphatic imine (C=N–C) groups is 1. The van der Waals surface area contributed by atoms with Crippen molar-refractivity contribution in [2.24, 2.45) is 10.9 Å². The van der Waals surface area contributed by atoms with E-state index >= 15 is 0 Å². The summed E-state index contributed by atoms with van der Waals surface area (Å²) in [6.45, 7) is 4.76. The molecule has 0 radical (unpaired) electrons. The van der Waals surface area contributed by atoms with Crippen molar-refractivity contribution in [1.29, 1.82) is 0 Å². The highest BCUT2D eigenvalue weighted by Crippen LogP contribution is 2.22. The third kappa shape index (κ3) is 4.80. The zero-order valence-electron chi connectivity index (χ0n) is 17.7. The number of fused-ring (bicyclic) bond motifs is 1. The highest BCUT2D eigenvalue weighted by Gasteiger charge is 2.34. The maximum atomic E-state index is 12.4. The maximum Gasteiger partial charge on any atom is 0.310 e. The summed E-state index contributed by atoms with van der Waals surface area (Å²) in [4.78, 5) is 44.6. The van der Waals surface area contributed by atoms with E-state index in [1.807, 2.05) is 6.92 Å². The van der Waals surface area contributed by atoms with Crippen molar-refractivity contribution in [2.75, 3.05) is 39.8 Å². The fraction of sp³-hybridized carbons (Fsp3) is 0.545. The van der Waals surface area contributed by atoms with E-state index in [0.717, 1.165) is 31.8 Å². The molecule has 8 heteroatoms. The second kappa shape index (κ2) is 10.2. The monoisotopic (exact) mass is 414 g/mol. The maximum absolute atomic E-state index is 12.4. The van der Waals surface area contributed by atoms with Crippen LogP contribution in [0.5, 0.6) is 0 Å². The predicted molar refractivity (Wildman–Crippen MR) is 113 cm³/mol. The number of rotatable bonds is 7. The first kappa shape index (κ1) is 21.8. The number of benzene rings is 1. The number of unbranched alkanes of at least 4 members (excludes halogenated alkanes) is 1. The predicted octanol–water partition coefficient (Wildman–Crippen LogP) is 1.91. The number of hydrogen-bond donors (Lipinski definition) is 1. The lowest BCUT2D eigenvalue weighted by molar-refractivity contribution is -0.149. The van der Waals surface area contributed by atoms with Gasteiger partial charge in [-0.1, -0.05) is 12.1 Å². The van der Waals surface area contributed by atoms with Gasteiger partial charge < -0.3 is 15.0 Å². The molecule has 2 aliphatic rings. The molecule has 0 aliphatic carbocycles. The molecule has 1 atom stereocenters. The molecule has 3 rings (SSSR count). The molecule has 1 N–H and O–H groups in total. The molecule has 8 nitrogen and oxygen atoms in total. The molecule has 2 aliphatic heterocycles. The number of esters is 1. The fourth-order valence-corrected chi connectivity index (χ4v) is 3.99. The molecule has 0 saturated carbocycles. The van der Waals surface area contributed by atoms with Crippen molar-refractivity contribution in [3.63, 3.8) is 0 Å². The van der Waals surface area contributed by atoms with Gasteiger partial charge in [0.15, 0.2) is 5.96 Å². The molecule has 1 fully saturated rings. The van der Waals surface area contributed by atoms with E-state index in [1.54, 1.807) is 31.3 Å². The topological polar surface area (TPSA) is 91.3 Å². The number of imide groups is 1. The Balaban J connectivity index is 1.42. The van der Waals surface area contributed by atoms with Crippen LogP contribution >= 0.6 is 0 Å². The molecular weight excluding hydrogens is 384 g/mol. The standard InChI is InChI=1S/C22H30N4O4/c1-3-30-21(29)16-9-8-13-25(15-16)22(23-2)24-12-6-7-14-26-19(27)17-10-4-5-11-18(17)20(26)28/h4-5,10-11,16H,3,6-9,12-15H2,1-2H3,(H,23,24). The largest absolute Gasteiger partial charge is 0.466 e. The molecule has 1 aromatic rings. The number of guanidine groups is 1. The smallest absolute Gasteiger partial charge is 0.310 e. The zero-order chi connectivity index (χ0) is 21.5. The summed E-state index contributed by atoms with van der Waals surface area (Å²) in [5.41, 5.74) is 0.976. The molecule has 0 aromatic heterocycles. The Hall–Kier alpha value is -2.90. The van der Waals surface area contributed by atoms with Gasteiger partial charge in [0.2, 0.25) is 0 Å². The second-order valence-corrected chi connectivity index (χ2v) is 7.53. The number of hydrogen-bond acceptors (Lipinski definition) is 5. The first-order valence-corrected chi connectivity index (χ1v) is 10.6. The number of amides is 2. The number of nitrogens with one attached hydrogen (secondary N) is 1. The van der Waals surface area contributed by atoms with Gasteiger partial charge in [0.05, 0.1) is 23.7 Å². The van der Waals surface area contributed by atoms with Crippen LogP contribution < -0.4 is 5.32 Å². The van der Waals surface area contributed by atoms with E-state index in [-0.39, 0.29) is 23.7 Å². The van der Waals surface area contributed by atoms with Crippen LogP contribution in [0, 0.1) is 5.92 Å². The minimum Gasteiger partial charge on any atom is -0.466 e. The lowest BCUT2D eigenvalue weighted by atomic mass is 9.98. The first-order valence-electron chi connectivity index (χ1n) is 10.6. The lowest BCUT2D eigenvalue weighted by Gasteiger charge is -2.34. The summed E-state index contributed by atoms with van der Waals surface area (Å²) < 4.78 is 5.16. The SMILES string of the molecule is CCOC(=O)C1CCCN(C(=NC)NCCCCN2C(=O)c3ccccc3C2=O)C1. The molecular formula is C22H30N4O4. The first-order chi connectivity index (χ1) is 14.6. The van der Waals surface area contributed by atoms with E-state index < -0.39 is 0 Å². The van der Waals surface area contributed by atoms with Crippen molar-refractivity contribution < 1.29 is 19.1 Å². The summed E-state index contributed by atoms with van der Waals surface area (Å²) in [7, 11) is 1.73. The number of piperidine rings is 1. The molecule has 1 unspecified atom stereocenters. The zero-order valence-corrected chi connectivity index (χ0v) is 17.7. The highest BCUT2D eigenvalue weighted by molar-refractivity contribution is 6.21. The molecule has 0 bridgehead atoms. The Labute approximate surface area is 177 Å². The minimum atomic E-state index is -0.210. The van der Waals surface area contributed by atoms with Crippen LogP contribution in [0.15, 0.2) is 29.3 Å². The van der Waals surface area contributed by atoms with Crippen LogP contribution in [0.25, 0.3) is 0 Å². The van der Waals surface area contributed by atoms with Crippen LogP contribution in [0.4, 0.5) is 0 Å². The molecule has 162 valence electrons. The third-order valence-corrected chi connectivity index (χ3v) is 5.52. The van der Waals surface area contributed by atoms with Gasteiger partial charge >= 0.3 is 5.97 Å². The van der Waals surface area contributed by atoms with Gasteiger partial charge in [-0.3, -0.25) is 24.3 Å². The molecule has 1 saturated heterocycles. The molecule has 2 heterocycles. The van der Waals surface area contributed by atoms with E-state index in [1.165, 1.54) is 4.90 Å². The third-order valence-electron chi connectivity index (χ3n) is 5.52. The van der Waals surface area contributed by atoms with Gasteiger partial charge in [0, 0.05) is 33.2 Å². The van der Waals surface area contributed by atoms with Crippen LogP contribution in [0.1, 0.15) is 53.3 Å². The van der Waals surface area contributed by atoms with Gasteiger partial charge in [-0.05, 0) is 44.7 Å². The van der Waals surface area contributed by atoms with Crippen LogP contribution in [-0.4, -0.2) is 73.4 Å². The van der Waals surface area contributed by atoms with Gasteiger partial charge in [-0.2, -0.15) is 0 Å². The number of nitrogens with zero attached hydrogens (tertiary/aromatic N) is 3. The average Bonchev–Trinajstić information content (AvgIpc) is 3.01.